The van der Waals surface area contributed by atoms with Crippen LogP contribution in [0.2, 0.25) is 0 Å². The normalized spacial score (nSPS) is 19.3. The standard InChI is InChI=1S/C17H18N2O3S/c20-23(21)12-11-19-10-2-5-16(17(19)18-23)13-6-8-15(9-7-13)22-14-3-1-4-14/h2,5-10,14H,1,3-4,11-12H2/p+1. The third-order valence-corrected chi connectivity index (χ3v) is 5.67. The SMILES string of the molecule is O=S1(=O)CC[n+]2cccc(-c3ccc(OC4CCC4)cc3)c2N1. The van der Waals surface area contributed by atoms with Gasteiger partial charge in [-0.25, -0.2) is 4.57 Å². The van der Waals surface area contributed by atoms with E-state index in [9.17, 15) is 8.42 Å². The number of benzene rings is 1. The van der Waals surface area contributed by atoms with E-state index in [1.807, 2.05) is 47.2 Å². The molecule has 0 saturated heterocycles. The van der Waals surface area contributed by atoms with Crippen molar-refractivity contribution in [2.24, 2.45) is 0 Å². The molecule has 6 heteroatoms. The van der Waals surface area contributed by atoms with Crippen LogP contribution in [0.5, 0.6) is 5.75 Å². The minimum Gasteiger partial charge on any atom is -0.490 e. The third-order valence-electron chi connectivity index (χ3n) is 4.44. The Hall–Kier alpha value is -2.08. The zero-order valence-electron chi connectivity index (χ0n) is 12.7. The number of anilines is 1. The molecular weight excluding hydrogens is 312 g/mol. The molecule has 1 fully saturated rings. The molecule has 1 saturated carbocycles. The maximum absolute atomic E-state index is 11.9. The van der Waals surface area contributed by atoms with E-state index in [4.69, 9.17) is 4.74 Å². The lowest BCUT2D eigenvalue weighted by molar-refractivity contribution is -0.679. The number of hydrogen-bond acceptors (Lipinski definition) is 3. The first-order valence-corrected chi connectivity index (χ1v) is 9.56. The first-order valence-electron chi connectivity index (χ1n) is 7.91. The van der Waals surface area contributed by atoms with Crippen molar-refractivity contribution in [2.45, 2.75) is 31.9 Å². The Kier molecular flexibility index (Phi) is 3.49. The molecule has 0 radical (unpaired) electrons. The number of fused-ring (bicyclic) bond motifs is 1. The Bertz CT molecular complexity index is 827. The largest absolute Gasteiger partial charge is 0.490 e. The fourth-order valence-corrected chi connectivity index (χ4v) is 3.96. The van der Waals surface area contributed by atoms with Gasteiger partial charge in [0.15, 0.2) is 0 Å². The summed E-state index contributed by atoms with van der Waals surface area (Å²) in [4.78, 5) is 0. The summed E-state index contributed by atoms with van der Waals surface area (Å²) in [5.74, 6) is 1.62. The summed E-state index contributed by atoms with van der Waals surface area (Å²) in [6, 6.07) is 11.7. The summed E-state index contributed by atoms with van der Waals surface area (Å²) in [7, 11) is -3.24. The third kappa shape index (κ3) is 2.91. The fourth-order valence-electron chi connectivity index (χ4n) is 2.90. The van der Waals surface area contributed by atoms with Crippen LogP contribution in [0.1, 0.15) is 19.3 Å². The van der Waals surface area contributed by atoms with Gasteiger partial charge in [-0.1, -0.05) is 12.1 Å². The predicted molar refractivity (Wildman–Crippen MR) is 87.7 cm³/mol. The van der Waals surface area contributed by atoms with Crippen LogP contribution in [0.15, 0.2) is 42.6 Å². The summed E-state index contributed by atoms with van der Waals surface area (Å²) in [5.41, 5.74) is 1.85. The molecule has 0 spiro atoms. The number of aromatic nitrogens is 1. The lowest BCUT2D eigenvalue weighted by Gasteiger charge is -2.26. The molecule has 0 bridgehead atoms. The molecule has 0 unspecified atom stereocenters. The number of pyridine rings is 1. The van der Waals surface area contributed by atoms with Crippen molar-refractivity contribution in [3.05, 3.63) is 42.6 Å². The van der Waals surface area contributed by atoms with Gasteiger partial charge in [-0.05, 0) is 49.1 Å². The number of aryl methyl sites for hydroxylation is 1. The highest BCUT2D eigenvalue weighted by molar-refractivity contribution is 7.92. The average molecular weight is 331 g/mol. The molecule has 5 nitrogen and oxygen atoms in total. The van der Waals surface area contributed by atoms with Gasteiger partial charge in [0.25, 0.3) is 5.82 Å². The second-order valence-electron chi connectivity index (χ2n) is 6.08. The van der Waals surface area contributed by atoms with Gasteiger partial charge in [0.2, 0.25) is 0 Å². The average Bonchev–Trinajstić information content (AvgIpc) is 2.50. The maximum atomic E-state index is 11.9. The van der Waals surface area contributed by atoms with Gasteiger partial charge >= 0.3 is 10.0 Å². The molecule has 120 valence electrons. The lowest BCUT2D eigenvalue weighted by atomic mass is 9.96. The highest BCUT2D eigenvalue weighted by Crippen LogP contribution is 2.30. The van der Waals surface area contributed by atoms with Crippen molar-refractivity contribution in [1.29, 1.82) is 0 Å². The topological polar surface area (TPSA) is 59.3 Å². The Balaban J connectivity index is 1.65. The summed E-state index contributed by atoms with van der Waals surface area (Å²) in [6.07, 6.45) is 5.76. The van der Waals surface area contributed by atoms with Gasteiger partial charge < -0.3 is 4.74 Å². The number of nitrogens with zero attached hydrogens (tertiary/aromatic N) is 1. The van der Waals surface area contributed by atoms with Crippen LogP contribution in [0, 0.1) is 0 Å². The summed E-state index contributed by atoms with van der Waals surface area (Å²) in [6.45, 7) is 0.474. The van der Waals surface area contributed by atoms with Crippen molar-refractivity contribution in [3.63, 3.8) is 0 Å². The quantitative estimate of drug-likeness (QED) is 0.878. The number of nitrogens with one attached hydrogen (secondary N) is 1. The van der Waals surface area contributed by atoms with E-state index in [-0.39, 0.29) is 5.75 Å². The fraction of sp³-hybridized carbons (Fsp3) is 0.353. The highest BCUT2D eigenvalue weighted by atomic mass is 32.2. The Morgan fingerprint density at radius 2 is 1.91 bits per heavy atom. The maximum Gasteiger partial charge on any atom is 0.302 e. The molecule has 23 heavy (non-hydrogen) atoms. The lowest BCUT2D eigenvalue weighted by Crippen LogP contribution is -2.47. The predicted octanol–water partition coefficient (Wildman–Crippen LogP) is 2.33. The molecule has 2 heterocycles. The molecule has 1 aliphatic heterocycles. The van der Waals surface area contributed by atoms with E-state index in [0.29, 0.717) is 18.5 Å². The van der Waals surface area contributed by atoms with Crippen LogP contribution in [-0.4, -0.2) is 20.3 Å². The van der Waals surface area contributed by atoms with Crippen LogP contribution in [0.25, 0.3) is 11.1 Å². The van der Waals surface area contributed by atoms with E-state index in [0.717, 1.165) is 29.7 Å². The highest BCUT2D eigenvalue weighted by Gasteiger charge is 2.29. The van der Waals surface area contributed by atoms with Gasteiger partial charge in [0, 0.05) is 0 Å². The van der Waals surface area contributed by atoms with Gasteiger partial charge in [-0.15, -0.1) is 0 Å². The summed E-state index contributed by atoms with van der Waals surface area (Å²) in [5, 5.41) is 0. The number of rotatable bonds is 3. The molecule has 2 aromatic rings. The van der Waals surface area contributed by atoms with E-state index < -0.39 is 10.0 Å². The molecule has 1 N–H and O–H groups in total. The molecular formula is C17H19N2O3S+. The minimum absolute atomic E-state index is 0.113. The summed E-state index contributed by atoms with van der Waals surface area (Å²) < 4.78 is 34.2. The van der Waals surface area contributed by atoms with Crippen LogP contribution in [0.3, 0.4) is 0 Å². The van der Waals surface area contributed by atoms with Crippen molar-refractivity contribution >= 4 is 15.8 Å². The molecule has 1 aromatic heterocycles. The number of sulfonamides is 1. The molecule has 0 amide bonds. The van der Waals surface area contributed by atoms with E-state index in [2.05, 4.69) is 4.72 Å². The minimum atomic E-state index is -3.24. The van der Waals surface area contributed by atoms with Crippen LogP contribution in [-0.2, 0) is 16.6 Å². The molecule has 0 atom stereocenters. The van der Waals surface area contributed by atoms with Crippen molar-refractivity contribution < 1.29 is 17.7 Å². The Labute approximate surface area is 136 Å². The number of hydrogen-bond donors (Lipinski definition) is 1. The first-order chi connectivity index (χ1) is 11.1. The van der Waals surface area contributed by atoms with E-state index >= 15 is 0 Å². The zero-order valence-corrected chi connectivity index (χ0v) is 13.6. The van der Waals surface area contributed by atoms with Crippen LogP contribution < -0.4 is 14.0 Å². The second kappa shape index (κ2) is 5.53. The summed E-state index contributed by atoms with van der Waals surface area (Å²) >= 11 is 0. The van der Waals surface area contributed by atoms with Crippen molar-refractivity contribution in [2.75, 3.05) is 10.5 Å². The smallest absolute Gasteiger partial charge is 0.302 e. The Morgan fingerprint density at radius 3 is 2.61 bits per heavy atom. The molecule has 1 aliphatic carbocycles. The molecule has 1 aromatic carbocycles. The number of ether oxygens (including phenoxy) is 1. The first kappa shape index (κ1) is 14.5. The van der Waals surface area contributed by atoms with Crippen molar-refractivity contribution in [3.8, 4) is 16.9 Å². The van der Waals surface area contributed by atoms with E-state index in [1.165, 1.54) is 6.42 Å². The van der Waals surface area contributed by atoms with Crippen molar-refractivity contribution in [1.82, 2.24) is 0 Å². The second-order valence-corrected chi connectivity index (χ2v) is 7.92. The van der Waals surface area contributed by atoms with Gasteiger partial charge in [0.05, 0.1) is 17.9 Å². The molecule has 2 aliphatic rings. The van der Waals surface area contributed by atoms with Gasteiger partial charge in [-0.3, -0.25) is 0 Å². The zero-order chi connectivity index (χ0) is 15.9. The van der Waals surface area contributed by atoms with E-state index in [1.54, 1.807) is 0 Å². The van der Waals surface area contributed by atoms with Crippen LogP contribution >= 0.6 is 0 Å². The van der Waals surface area contributed by atoms with Gasteiger partial charge in [-0.2, -0.15) is 13.1 Å². The molecule has 4 rings (SSSR count). The van der Waals surface area contributed by atoms with Crippen LogP contribution in [0.4, 0.5) is 5.82 Å². The monoisotopic (exact) mass is 331 g/mol. The Morgan fingerprint density at radius 1 is 1.13 bits per heavy atom. The van der Waals surface area contributed by atoms with Gasteiger partial charge in [0.1, 0.15) is 18.0 Å².